The highest BCUT2D eigenvalue weighted by Gasteiger charge is 2.29. The number of hydrogen-bond donors (Lipinski definition) is 2. The van der Waals surface area contributed by atoms with Crippen molar-refractivity contribution in [3.63, 3.8) is 0 Å². The number of carbonyl (C=O) groups is 2. The maximum atomic E-state index is 11.5. The summed E-state index contributed by atoms with van der Waals surface area (Å²) in [5.41, 5.74) is 1.45. The third-order valence-electron chi connectivity index (χ3n) is 2.52. The van der Waals surface area contributed by atoms with E-state index in [0.717, 1.165) is 5.56 Å². The molecule has 0 aromatic heterocycles. The minimum atomic E-state index is -0.410. The Bertz CT molecular complexity index is 445. The van der Waals surface area contributed by atoms with Gasteiger partial charge in [-0.05, 0) is 6.07 Å². The van der Waals surface area contributed by atoms with Crippen LogP contribution < -0.4 is 10.6 Å². The summed E-state index contributed by atoms with van der Waals surface area (Å²) >= 11 is 0. The van der Waals surface area contributed by atoms with Crippen LogP contribution in [0.15, 0.2) is 24.3 Å². The van der Waals surface area contributed by atoms with Gasteiger partial charge >= 0.3 is 5.97 Å². The predicted octanol–water partition coefficient (Wildman–Crippen LogP) is 0.581. The largest absolute Gasteiger partial charge is 0.439 e. The molecule has 0 radical (unpaired) electrons. The van der Waals surface area contributed by atoms with Gasteiger partial charge in [0, 0.05) is 25.6 Å². The van der Waals surface area contributed by atoms with E-state index in [-0.39, 0.29) is 11.9 Å². The van der Waals surface area contributed by atoms with Gasteiger partial charge in [0.2, 0.25) is 5.91 Å². The molecule has 5 nitrogen and oxygen atoms in total. The van der Waals surface area contributed by atoms with Crippen LogP contribution in [-0.4, -0.2) is 25.0 Å². The summed E-state index contributed by atoms with van der Waals surface area (Å²) in [5, 5.41) is 5.73. The molecule has 0 spiro atoms. The van der Waals surface area contributed by atoms with Crippen molar-refractivity contribution in [1.29, 1.82) is 0 Å². The average Bonchev–Trinajstić information content (AvgIpc) is 2.63. The van der Waals surface area contributed by atoms with Gasteiger partial charge in [-0.25, -0.2) is 4.79 Å². The normalized spacial score (nSPS) is 17.5. The third-order valence-corrected chi connectivity index (χ3v) is 2.52. The maximum absolute atomic E-state index is 11.5. The first-order valence-corrected chi connectivity index (χ1v) is 5.46. The van der Waals surface area contributed by atoms with Crippen LogP contribution in [0.5, 0.6) is 0 Å². The van der Waals surface area contributed by atoms with E-state index in [1.54, 1.807) is 12.1 Å². The van der Waals surface area contributed by atoms with E-state index >= 15 is 0 Å². The van der Waals surface area contributed by atoms with Crippen molar-refractivity contribution in [2.24, 2.45) is 0 Å². The van der Waals surface area contributed by atoms with E-state index in [0.29, 0.717) is 18.7 Å². The smallest absolute Gasteiger partial charge is 0.340 e. The fourth-order valence-electron chi connectivity index (χ4n) is 1.74. The number of cyclic esters (lactones) is 1. The Morgan fingerprint density at radius 2 is 2.12 bits per heavy atom. The molecular weight excluding hydrogens is 220 g/mol. The quantitative estimate of drug-likeness (QED) is 0.590. The minimum Gasteiger partial charge on any atom is -0.439 e. The van der Waals surface area contributed by atoms with Crippen molar-refractivity contribution >= 4 is 11.9 Å². The van der Waals surface area contributed by atoms with Crippen molar-refractivity contribution in [2.45, 2.75) is 13.2 Å². The number of nitrogens with one attached hydrogen (secondary N) is 2. The lowest BCUT2D eigenvalue weighted by Gasteiger charge is -2.12. The molecule has 0 saturated heterocycles. The summed E-state index contributed by atoms with van der Waals surface area (Å²) in [6, 6.07) is 7.27. The van der Waals surface area contributed by atoms with Crippen molar-refractivity contribution in [2.75, 3.05) is 13.1 Å². The van der Waals surface area contributed by atoms with Gasteiger partial charge in [-0.3, -0.25) is 10.1 Å². The molecule has 1 aliphatic heterocycles. The van der Waals surface area contributed by atoms with Crippen LogP contribution in [0.1, 0.15) is 29.1 Å². The number of esters is 1. The summed E-state index contributed by atoms with van der Waals surface area (Å²) < 4.78 is 5.18. The van der Waals surface area contributed by atoms with Crippen molar-refractivity contribution in [3.8, 4) is 0 Å². The van der Waals surface area contributed by atoms with Crippen molar-refractivity contribution in [3.05, 3.63) is 35.4 Å². The van der Waals surface area contributed by atoms with E-state index in [9.17, 15) is 9.59 Å². The van der Waals surface area contributed by atoms with E-state index < -0.39 is 6.23 Å². The van der Waals surface area contributed by atoms with E-state index in [2.05, 4.69) is 10.6 Å². The first-order valence-electron chi connectivity index (χ1n) is 5.46. The second-order valence-corrected chi connectivity index (χ2v) is 3.81. The standard InChI is InChI=1S/C12H14N2O3/c1-8(15)13-6-7-14-11-9-4-2-3-5-10(9)12(16)17-11/h2-5,11,14H,6-7H2,1H3,(H,13,15). The van der Waals surface area contributed by atoms with Gasteiger partial charge in [-0.1, -0.05) is 18.2 Å². The third kappa shape index (κ3) is 2.62. The van der Waals surface area contributed by atoms with Crippen LogP contribution in [-0.2, 0) is 9.53 Å². The molecule has 90 valence electrons. The lowest BCUT2D eigenvalue weighted by molar-refractivity contribution is -0.118. The Hall–Kier alpha value is -1.88. The highest BCUT2D eigenvalue weighted by Crippen LogP contribution is 2.27. The zero-order valence-corrected chi connectivity index (χ0v) is 9.53. The van der Waals surface area contributed by atoms with Gasteiger partial charge in [-0.2, -0.15) is 0 Å². The molecular formula is C12H14N2O3. The highest BCUT2D eigenvalue weighted by atomic mass is 16.6. The number of ether oxygens (including phenoxy) is 1. The molecule has 0 saturated carbocycles. The SMILES string of the molecule is CC(=O)NCCNC1OC(=O)c2ccccc21. The van der Waals surface area contributed by atoms with Gasteiger partial charge in [0.25, 0.3) is 0 Å². The number of fused-ring (bicyclic) bond motifs is 1. The average molecular weight is 234 g/mol. The molecule has 2 rings (SSSR count). The summed E-state index contributed by atoms with van der Waals surface area (Å²) in [4.78, 5) is 22.2. The molecule has 1 heterocycles. The summed E-state index contributed by atoms with van der Waals surface area (Å²) in [6.07, 6.45) is -0.410. The predicted molar refractivity (Wildman–Crippen MR) is 61.3 cm³/mol. The van der Waals surface area contributed by atoms with Gasteiger partial charge < -0.3 is 10.1 Å². The van der Waals surface area contributed by atoms with E-state index in [1.807, 2.05) is 12.1 Å². The first-order chi connectivity index (χ1) is 8.18. The topological polar surface area (TPSA) is 67.4 Å². The maximum Gasteiger partial charge on any atom is 0.340 e. The fraction of sp³-hybridized carbons (Fsp3) is 0.333. The van der Waals surface area contributed by atoms with Crippen LogP contribution in [0.2, 0.25) is 0 Å². The number of rotatable bonds is 4. The Kier molecular flexibility index (Phi) is 3.39. The molecule has 2 N–H and O–H groups in total. The molecule has 1 aliphatic rings. The van der Waals surface area contributed by atoms with Crippen LogP contribution in [0.25, 0.3) is 0 Å². The van der Waals surface area contributed by atoms with Crippen molar-refractivity contribution < 1.29 is 14.3 Å². The number of benzene rings is 1. The summed E-state index contributed by atoms with van der Waals surface area (Å²) in [5.74, 6) is -0.381. The summed E-state index contributed by atoms with van der Waals surface area (Å²) in [6.45, 7) is 2.52. The number of hydrogen-bond acceptors (Lipinski definition) is 4. The van der Waals surface area contributed by atoms with E-state index in [1.165, 1.54) is 6.92 Å². The molecule has 1 atom stereocenters. The van der Waals surface area contributed by atoms with Crippen molar-refractivity contribution in [1.82, 2.24) is 10.6 Å². The highest BCUT2D eigenvalue weighted by molar-refractivity contribution is 5.93. The Morgan fingerprint density at radius 1 is 1.35 bits per heavy atom. The Morgan fingerprint density at radius 3 is 2.88 bits per heavy atom. The molecule has 1 aromatic carbocycles. The van der Waals surface area contributed by atoms with Gasteiger partial charge in [0.05, 0.1) is 5.56 Å². The molecule has 0 bridgehead atoms. The van der Waals surface area contributed by atoms with E-state index in [4.69, 9.17) is 4.74 Å². The lowest BCUT2D eigenvalue weighted by Crippen LogP contribution is -2.32. The fourth-order valence-corrected chi connectivity index (χ4v) is 1.74. The molecule has 0 fully saturated rings. The number of amides is 1. The Labute approximate surface area is 99.2 Å². The zero-order chi connectivity index (χ0) is 12.3. The zero-order valence-electron chi connectivity index (χ0n) is 9.53. The molecule has 1 unspecified atom stereocenters. The van der Waals surface area contributed by atoms with Crippen LogP contribution in [0.4, 0.5) is 0 Å². The van der Waals surface area contributed by atoms with Gasteiger partial charge in [0.15, 0.2) is 6.23 Å². The second-order valence-electron chi connectivity index (χ2n) is 3.81. The summed E-state index contributed by atoms with van der Waals surface area (Å²) in [7, 11) is 0. The minimum absolute atomic E-state index is 0.0735. The van der Waals surface area contributed by atoms with Crippen LogP contribution in [0.3, 0.4) is 0 Å². The monoisotopic (exact) mass is 234 g/mol. The Balaban J connectivity index is 1.92. The first kappa shape index (κ1) is 11.6. The van der Waals surface area contributed by atoms with Gasteiger partial charge in [-0.15, -0.1) is 0 Å². The van der Waals surface area contributed by atoms with Gasteiger partial charge in [0.1, 0.15) is 0 Å². The molecule has 1 amide bonds. The molecule has 1 aromatic rings. The van der Waals surface area contributed by atoms with Crippen LogP contribution in [0, 0.1) is 0 Å². The molecule has 5 heteroatoms. The lowest BCUT2D eigenvalue weighted by atomic mass is 10.1. The second kappa shape index (κ2) is 4.97. The van der Waals surface area contributed by atoms with Crippen LogP contribution >= 0.6 is 0 Å². The number of carbonyl (C=O) groups excluding carboxylic acids is 2. The molecule has 0 aliphatic carbocycles. The molecule has 17 heavy (non-hydrogen) atoms.